The molecule has 0 aromatic heterocycles. The smallest absolute Gasteiger partial charge is 0.303 e. The van der Waals surface area contributed by atoms with Crippen molar-refractivity contribution in [3.63, 3.8) is 0 Å². The highest BCUT2D eigenvalue weighted by Crippen LogP contribution is 2.20. The zero-order chi connectivity index (χ0) is 14.1. The molecule has 4 nitrogen and oxygen atoms in total. The quantitative estimate of drug-likeness (QED) is 0.713. The van der Waals surface area contributed by atoms with Gasteiger partial charge in [-0.3, -0.25) is 4.79 Å². The van der Waals surface area contributed by atoms with Gasteiger partial charge in [-0.15, -0.1) is 0 Å². The van der Waals surface area contributed by atoms with Crippen molar-refractivity contribution in [2.24, 2.45) is 0 Å². The molecule has 102 valence electrons. The fourth-order valence-electron chi connectivity index (χ4n) is 1.70. The molecule has 2 N–H and O–H groups in total. The Balaban J connectivity index is 2.18. The van der Waals surface area contributed by atoms with E-state index in [0.29, 0.717) is 10.6 Å². The molecule has 1 rings (SSSR count). The number of hydrogen-bond acceptors (Lipinski definition) is 3. The minimum Gasteiger partial charge on any atom is -0.481 e. The molecule has 5 heteroatoms. The van der Waals surface area contributed by atoms with Crippen LogP contribution in [0, 0.1) is 11.3 Å². The van der Waals surface area contributed by atoms with Crippen molar-refractivity contribution in [3.05, 3.63) is 28.8 Å². The first kappa shape index (κ1) is 15.3. The second-order valence-corrected chi connectivity index (χ2v) is 4.70. The number of carboxylic acids is 1. The van der Waals surface area contributed by atoms with Gasteiger partial charge in [0.25, 0.3) is 0 Å². The highest BCUT2D eigenvalue weighted by Gasteiger charge is 2.00. The molecule has 0 saturated carbocycles. The van der Waals surface area contributed by atoms with E-state index < -0.39 is 5.97 Å². The van der Waals surface area contributed by atoms with E-state index >= 15 is 0 Å². The first-order valence-corrected chi connectivity index (χ1v) is 6.66. The summed E-state index contributed by atoms with van der Waals surface area (Å²) in [5.74, 6) is -0.731. The minimum absolute atomic E-state index is 0.249. The van der Waals surface area contributed by atoms with Crippen LogP contribution in [0.3, 0.4) is 0 Å². The number of nitrogens with zero attached hydrogens (tertiary/aromatic N) is 1. The molecule has 0 spiro atoms. The van der Waals surface area contributed by atoms with Gasteiger partial charge in [-0.25, -0.2) is 0 Å². The van der Waals surface area contributed by atoms with E-state index in [-0.39, 0.29) is 6.42 Å². The molecular formula is C14H17ClN2O2. The largest absolute Gasteiger partial charge is 0.481 e. The van der Waals surface area contributed by atoms with Crippen LogP contribution < -0.4 is 5.32 Å². The third-order valence-corrected chi connectivity index (χ3v) is 3.05. The van der Waals surface area contributed by atoms with Gasteiger partial charge >= 0.3 is 5.97 Å². The fraction of sp³-hybridized carbons (Fsp3) is 0.429. The lowest BCUT2D eigenvalue weighted by Crippen LogP contribution is -2.01. The molecule has 0 saturated heterocycles. The highest BCUT2D eigenvalue weighted by molar-refractivity contribution is 6.32. The average Bonchev–Trinajstić information content (AvgIpc) is 2.37. The van der Waals surface area contributed by atoms with Crippen molar-refractivity contribution < 1.29 is 9.90 Å². The molecule has 0 radical (unpaired) electrons. The predicted molar refractivity (Wildman–Crippen MR) is 75.4 cm³/mol. The topological polar surface area (TPSA) is 73.1 Å². The van der Waals surface area contributed by atoms with Crippen LogP contribution in [0.5, 0.6) is 0 Å². The fourth-order valence-corrected chi connectivity index (χ4v) is 1.93. The van der Waals surface area contributed by atoms with E-state index in [0.717, 1.165) is 37.9 Å². The Hall–Kier alpha value is -1.73. The Kier molecular flexibility index (Phi) is 6.76. The molecule has 1 aromatic carbocycles. The Morgan fingerprint density at radius 2 is 2.05 bits per heavy atom. The van der Waals surface area contributed by atoms with Crippen LogP contribution in [-0.2, 0) is 4.79 Å². The first-order valence-electron chi connectivity index (χ1n) is 6.29. The summed E-state index contributed by atoms with van der Waals surface area (Å²) in [5.41, 5.74) is 1.37. The molecule has 0 heterocycles. The van der Waals surface area contributed by atoms with E-state index in [1.807, 2.05) is 12.1 Å². The second-order valence-electron chi connectivity index (χ2n) is 4.29. The number of carboxylic acid groups (broad SMARTS) is 1. The van der Waals surface area contributed by atoms with Gasteiger partial charge in [0.05, 0.1) is 10.6 Å². The molecule has 0 aliphatic heterocycles. The van der Waals surface area contributed by atoms with Gasteiger partial charge in [0.1, 0.15) is 6.07 Å². The van der Waals surface area contributed by atoms with E-state index in [1.54, 1.807) is 12.1 Å². The summed E-state index contributed by atoms with van der Waals surface area (Å²) in [6.45, 7) is 0.815. The Labute approximate surface area is 118 Å². The van der Waals surface area contributed by atoms with Gasteiger partial charge < -0.3 is 10.4 Å². The van der Waals surface area contributed by atoms with E-state index in [9.17, 15) is 4.79 Å². The predicted octanol–water partition coefficient (Wildman–Crippen LogP) is 3.66. The number of anilines is 1. The molecular weight excluding hydrogens is 264 g/mol. The number of nitrogens with one attached hydrogen (secondary N) is 1. The summed E-state index contributed by atoms with van der Waals surface area (Å²) >= 11 is 5.92. The zero-order valence-corrected chi connectivity index (χ0v) is 11.4. The maximum atomic E-state index is 10.3. The molecule has 1 aromatic rings. The maximum absolute atomic E-state index is 10.3. The van der Waals surface area contributed by atoms with Gasteiger partial charge in [0.2, 0.25) is 0 Å². The molecule has 0 aliphatic rings. The van der Waals surface area contributed by atoms with Crippen LogP contribution >= 0.6 is 11.6 Å². The number of halogens is 1. The molecule has 19 heavy (non-hydrogen) atoms. The second kappa shape index (κ2) is 8.39. The van der Waals surface area contributed by atoms with Crippen molar-refractivity contribution in [3.8, 4) is 6.07 Å². The normalized spacial score (nSPS) is 9.89. The van der Waals surface area contributed by atoms with Gasteiger partial charge in [0.15, 0.2) is 0 Å². The van der Waals surface area contributed by atoms with Gasteiger partial charge in [-0.05, 0) is 31.0 Å². The van der Waals surface area contributed by atoms with Crippen molar-refractivity contribution >= 4 is 23.3 Å². The lowest BCUT2D eigenvalue weighted by Gasteiger charge is -2.07. The number of hydrogen-bond donors (Lipinski definition) is 2. The number of carbonyl (C=O) groups is 1. The maximum Gasteiger partial charge on any atom is 0.303 e. The van der Waals surface area contributed by atoms with Crippen LogP contribution in [0.25, 0.3) is 0 Å². The summed E-state index contributed by atoms with van der Waals surface area (Å²) in [4.78, 5) is 10.3. The Bertz CT molecular complexity index is 469. The Morgan fingerprint density at radius 3 is 2.68 bits per heavy atom. The SMILES string of the molecule is N#Cc1ccc(NCCCCCCC(=O)O)cc1Cl. The third kappa shape index (κ3) is 6.12. The standard InChI is InChI=1S/C14H17ClN2O2/c15-13-9-12(7-6-11(13)10-16)17-8-4-2-1-3-5-14(18)19/h6-7,9,17H,1-5,8H2,(H,18,19). The van der Waals surface area contributed by atoms with Crippen molar-refractivity contribution in [1.82, 2.24) is 0 Å². The number of nitriles is 1. The third-order valence-electron chi connectivity index (χ3n) is 2.74. The highest BCUT2D eigenvalue weighted by atomic mass is 35.5. The summed E-state index contributed by atoms with van der Waals surface area (Å²) in [7, 11) is 0. The van der Waals surface area contributed by atoms with Crippen LogP contribution in [0.2, 0.25) is 5.02 Å². The van der Waals surface area contributed by atoms with Crippen LogP contribution in [-0.4, -0.2) is 17.6 Å². The molecule has 0 amide bonds. The summed E-state index contributed by atoms with van der Waals surface area (Å²) in [6.07, 6.45) is 3.90. The first-order chi connectivity index (χ1) is 9.13. The average molecular weight is 281 g/mol. The monoisotopic (exact) mass is 280 g/mol. The number of rotatable bonds is 8. The van der Waals surface area contributed by atoms with Crippen molar-refractivity contribution in [1.29, 1.82) is 5.26 Å². The molecule has 0 bridgehead atoms. The molecule has 0 aliphatic carbocycles. The van der Waals surface area contributed by atoms with Crippen LogP contribution in [0.4, 0.5) is 5.69 Å². The van der Waals surface area contributed by atoms with Gasteiger partial charge in [-0.2, -0.15) is 5.26 Å². The van der Waals surface area contributed by atoms with Crippen LogP contribution in [0.15, 0.2) is 18.2 Å². The zero-order valence-electron chi connectivity index (χ0n) is 10.7. The number of aliphatic carboxylic acids is 1. The van der Waals surface area contributed by atoms with E-state index in [4.69, 9.17) is 22.0 Å². The van der Waals surface area contributed by atoms with E-state index in [1.165, 1.54) is 0 Å². The van der Waals surface area contributed by atoms with Crippen LogP contribution in [0.1, 0.15) is 37.7 Å². The minimum atomic E-state index is -0.731. The van der Waals surface area contributed by atoms with Gasteiger partial charge in [0, 0.05) is 18.7 Å². The summed E-state index contributed by atoms with van der Waals surface area (Å²) in [5, 5.41) is 20.9. The molecule has 0 atom stereocenters. The lowest BCUT2D eigenvalue weighted by molar-refractivity contribution is -0.137. The summed E-state index contributed by atoms with van der Waals surface area (Å²) in [6, 6.07) is 7.28. The molecule has 0 unspecified atom stereocenters. The van der Waals surface area contributed by atoms with E-state index in [2.05, 4.69) is 5.32 Å². The lowest BCUT2D eigenvalue weighted by atomic mass is 10.1. The van der Waals surface area contributed by atoms with Gasteiger partial charge in [-0.1, -0.05) is 24.4 Å². The number of benzene rings is 1. The molecule has 0 fully saturated rings. The van der Waals surface area contributed by atoms with Crippen molar-refractivity contribution in [2.45, 2.75) is 32.1 Å². The number of unbranched alkanes of at least 4 members (excludes halogenated alkanes) is 3. The van der Waals surface area contributed by atoms with Crippen molar-refractivity contribution in [2.75, 3.05) is 11.9 Å². The summed E-state index contributed by atoms with van der Waals surface area (Å²) < 4.78 is 0. The Morgan fingerprint density at radius 1 is 1.32 bits per heavy atom.